The maximum Gasteiger partial charge on any atom is 0.573 e. The summed E-state index contributed by atoms with van der Waals surface area (Å²) in [6.07, 6.45) is -2.80. The second-order valence-electron chi connectivity index (χ2n) is 8.06. The van der Waals surface area contributed by atoms with Gasteiger partial charge in [-0.3, -0.25) is 0 Å². The van der Waals surface area contributed by atoms with Crippen LogP contribution in [-0.4, -0.2) is 26.1 Å². The zero-order chi connectivity index (χ0) is 23.3. The molecule has 3 aromatic carbocycles. The number of hydrogen-bond donors (Lipinski definition) is 2. The molecule has 0 bridgehead atoms. The first-order valence-corrected chi connectivity index (χ1v) is 10.9. The van der Waals surface area contributed by atoms with Crippen molar-refractivity contribution < 1.29 is 22.6 Å². The van der Waals surface area contributed by atoms with Crippen molar-refractivity contribution in [2.24, 2.45) is 0 Å². The molecule has 0 saturated carbocycles. The van der Waals surface area contributed by atoms with Crippen LogP contribution in [0.1, 0.15) is 29.5 Å². The average molecular weight is 457 g/mol. The quantitative estimate of drug-likeness (QED) is 0.501. The Hall–Kier alpha value is -3.03. The first kappa shape index (κ1) is 23.1. The first-order chi connectivity index (χ1) is 15.9. The Kier molecular flexibility index (Phi) is 6.91. The number of piperidine rings is 1. The summed E-state index contributed by atoms with van der Waals surface area (Å²) in [5.41, 5.74) is 2.64. The minimum atomic E-state index is -4.75. The molecule has 1 atom stereocenters. The van der Waals surface area contributed by atoms with E-state index >= 15 is 0 Å². The van der Waals surface area contributed by atoms with Crippen LogP contribution in [0.15, 0.2) is 78.9 Å². The fourth-order valence-corrected chi connectivity index (χ4v) is 4.66. The molecule has 1 aliphatic rings. The molecular weight excluding hydrogens is 429 g/mol. The fourth-order valence-electron chi connectivity index (χ4n) is 4.66. The van der Waals surface area contributed by atoms with Crippen molar-refractivity contribution in [3.63, 3.8) is 0 Å². The third kappa shape index (κ3) is 5.15. The molecule has 7 heteroatoms. The van der Waals surface area contributed by atoms with E-state index in [1.807, 2.05) is 36.4 Å². The van der Waals surface area contributed by atoms with Gasteiger partial charge in [0.2, 0.25) is 0 Å². The van der Waals surface area contributed by atoms with Gasteiger partial charge in [0, 0.05) is 24.2 Å². The van der Waals surface area contributed by atoms with E-state index in [1.54, 1.807) is 6.07 Å². The molecule has 3 aromatic rings. The highest BCUT2D eigenvalue weighted by Gasteiger charge is 2.43. The Morgan fingerprint density at radius 1 is 0.970 bits per heavy atom. The highest BCUT2D eigenvalue weighted by Crippen LogP contribution is 2.38. The van der Waals surface area contributed by atoms with Gasteiger partial charge in [0.15, 0.2) is 0 Å². The molecule has 174 valence electrons. The first-order valence-electron chi connectivity index (χ1n) is 10.9. The number of benzene rings is 3. The van der Waals surface area contributed by atoms with E-state index in [2.05, 4.69) is 39.6 Å². The highest BCUT2D eigenvalue weighted by atomic mass is 19.4. The summed E-state index contributed by atoms with van der Waals surface area (Å²) in [5, 5.41) is 7.44. The van der Waals surface area contributed by atoms with Crippen molar-refractivity contribution in [3.05, 3.63) is 95.6 Å². The Morgan fingerprint density at radius 3 is 2.18 bits per heavy atom. The van der Waals surface area contributed by atoms with Crippen LogP contribution in [0.5, 0.6) is 11.5 Å². The van der Waals surface area contributed by atoms with E-state index in [4.69, 9.17) is 4.74 Å². The van der Waals surface area contributed by atoms with Gasteiger partial charge in [-0.15, -0.1) is 13.2 Å². The lowest BCUT2D eigenvalue weighted by Crippen LogP contribution is -2.60. The third-order valence-corrected chi connectivity index (χ3v) is 6.09. The van der Waals surface area contributed by atoms with E-state index in [9.17, 15) is 13.2 Å². The molecule has 1 fully saturated rings. The summed E-state index contributed by atoms with van der Waals surface area (Å²) >= 11 is 0. The maximum atomic E-state index is 12.6. The van der Waals surface area contributed by atoms with E-state index in [-0.39, 0.29) is 11.8 Å². The standard InChI is InChI=1S/C26H27F3N2O2/c1-32-23-17-22(33-26(27,28)29)15-14-19(23)18-30-24-13-8-16-31-25(24,20-9-4-2-5-10-20)21-11-6-3-7-12-21/h2-7,9-12,14-15,17,24,30-31H,8,13,16,18H2,1H3. The van der Waals surface area contributed by atoms with Crippen molar-refractivity contribution in [2.45, 2.75) is 37.3 Å². The van der Waals surface area contributed by atoms with Crippen molar-refractivity contribution in [2.75, 3.05) is 13.7 Å². The van der Waals surface area contributed by atoms with Crippen LogP contribution in [0.3, 0.4) is 0 Å². The van der Waals surface area contributed by atoms with Gasteiger partial charge in [0.1, 0.15) is 11.5 Å². The number of halogens is 3. The van der Waals surface area contributed by atoms with Crippen molar-refractivity contribution in [1.82, 2.24) is 10.6 Å². The van der Waals surface area contributed by atoms with Crippen LogP contribution in [0, 0.1) is 0 Å². The minimum Gasteiger partial charge on any atom is -0.496 e. The van der Waals surface area contributed by atoms with Crippen molar-refractivity contribution in [3.8, 4) is 11.5 Å². The summed E-state index contributed by atoms with van der Waals surface area (Å²) in [4.78, 5) is 0. The SMILES string of the molecule is COc1cc(OC(F)(F)F)ccc1CNC1CCCNC1(c1ccccc1)c1ccccc1. The van der Waals surface area contributed by atoms with Gasteiger partial charge in [-0.05, 0) is 36.6 Å². The molecule has 4 nitrogen and oxygen atoms in total. The molecule has 1 saturated heterocycles. The maximum absolute atomic E-state index is 12.6. The molecule has 1 aliphatic heterocycles. The highest BCUT2D eigenvalue weighted by molar-refractivity contribution is 5.43. The lowest BCUT2D eigenvalue weighted by atomic mass is 9.73. The summed E-state index contributed by atoms with van der Waals surface area (Å²) in [6, 6.07) is 24.9. The summed E-state index contributed by atoms with van der Waals surface area (Å²) in [6.45, 7) is 1.32. The van der Waals surface area contributed by atoms with Crippen molar-refractivity contribution >= 4 is 0 Å². The number of rotatable bonds is 7. The average Bonchev–Trinajstić information content (AvgIpc) is 2.83. The van der Waals surface area contributed by atoms with Gasteiger partial charge in [-0.25, -0.2) is 0 Å². The molecular formula is C26H27F3N2O2. The predicted octanol–water partition coefficient (Wildman–Crippen LogP) is 5.38. The van der Waals surface area contributed by atoms with Gasteiger partial charge >= 0.3 is 6.36 Å². The van der Waals surface area contributed by atoms with Crippen LogP contribution < -0.4 is 20.1 Å². The predicted molar refractivity (Wildman–Crippen MR) is 121 cm³/mol. The fraction of sp³-hybridized carbons (Fsp3) is 0.308. The molecule has 0 radical (unpaired) electrons. The molecule has 0 amide bonds. The van der Waals surface area contributed by atoms with Gasteiger partial charge in [-0.2, -0.15) is 0 Å². The normalized spacial score (nSPS) is 18.0. The Morgan fingerprint density at radius 2 is 1.61 bits per heavy atom. The molecule has 1 unspecified atom stereocenters. The van der Waals surface area contributed by atoms with Gasteiger partial charge in [-0.1, -0.05) is 66.7 Å². The summed E-state index contributed by atoms with van der Waals surface area (Å²) in [7, 11) is 1.44. The molecule has 0 aliphatic carbocycles. The van der Waals surface area contributed by atoms with E-state index in [0.29, 0.717) is 12.3 Å². The van der Waals surface area contributed by atoms with E-state index in [1.165, 1.54) is 19.2 Å². The largest absolute Gasteiger partial charge is 0.573 e. The zero-order valence-corrected chi connectivity index (χ0v) is 18.4. The second kappa shape index (κ2) is 9.85. The molecule has 1 heterocycles. The van der Waals surface area contributed by atoms with Crippen LogP contribution in [0.25, 0.3) is 0 Å². The van der Waals surface area contributed by atoms with Crippen molar-refractivity contribution in [1.29, 1.82) is 0 Å². The van der Waals surface area contributed by atoms with Crippen LogP contribution in [0.2, 0.25) is 0 Å². The topological polar surface area (TPSA) is 42.5 Å². The minimum absolute atomic E-state index is 0.0480. The molecule has 0 spiro atoms. The number of hydrogen-bond acceptors (Lipinski definition) is 4. The van der Waals surface area contributed by atoms with Gasteiger partial charge in [0.05, 0.1) is 12.6 Å². The third-order valence-electron chi connectivity index (χ3n) is 6.09. The zero-order valence-electron chi connectivity index (χ0n) is 18.4. The van der Waals surface area contributed by atoms with Gasteiger partial charge in [0.25, 0.3) is 0 Å². The lowest BCUT2D eigenvalue weighted by molar-refractivity contribution is -0.274. The summed E-state index contributed by atoms with van der Waals surface area (Å²) in [5.74, 6) is 0.0448. The Labute approximate surface area is 191 Å². The number of methoxy groups -OCH3 is 1. The second-order valence-corrected chi connectivity index (χ2v) is 8.06. The number of nitrogens with one attached hydrogen (secondary N) is 2. The smallest absolute Gasteiger partial charge is 0.496 e. The number of alkyl halides is 3. The van der Waals surface area contributed by atoms with Crippen LogP contribution in [-0.2, 0) is 12.1 Å². The molecule has 0 aromatic heterocycles. The van der Waals surface area contributed by atoms with Crippen LogP contribution in [0.4, 0.5) is 13.2 Å². The Balaban J connectivity index is 1.64. The molecule has 2 N–H and O–H groups in total. The van der Waals surface area contributed by atoms with E-state index in [0.717, 1.165) is 36.1 Å². The lowest BCUT2D eigenvalue weighted by Gasteiger charge is -2.46. The van der Waals surface area contributed by atoms with Crippen LogP contribution >= 0.6 is 0 Å². The monoisotopic (exact) mass is 456 g/mol. The van der Waals surface area contributed by atoms with Gasteiger partial charge < -0.3 is 20.1 Å². The summed E-state index contributed by atoms with van der Waals surface area (Å²) < 4.78 is 47.2. The molecule has 33 heavy (non-hydrogen) atoms. The number of ether oxygens (including phenoxy) is 2. The molecule has 4 rings (SSSR count). The van der Waals surface area contributed by atoms with E-state index < -0.39 is 11.9 Å². The Bertz CT molecular complexity index is 1000.